The first-order valence-corrected chi connectivity index (χ1v) is 8.78. The Morgan fingerprint density at radius 2 is 2.21 bits per heavy atom. The topological polar surface area (TPSA) is 78.6 Å². The molecule has 1 aliphatic rings. The maximum Gasteiger partial charge on any atom is 0.226 e. The fraction of sp³-hybridized carbons (Fsp3) is 0.812. The molecule has 0 saturated carbocycles. The summed E-state index contributed by atoms with van der Waals surface area (Å²) in [6.45, 7) is 11.1. The zero-order chi connectivity index (χ0) is 16.5. The maximum absolute atomic E-state index is 5.12. The summed E-state index contributed by atoms with van der Waals surface area (Å²) < 4.78 is 5.12. The van der Waals surface area contributed by atoms with Crippen LogP contribution in [0.25, 0.3) is 0 Å². The van der Waals surface area contributed by atoms with Crippen molar-refractivity contribution in [3.05, 3.63) is 11.7 Å². The average Bonchev–Trinajstić information content (AvgIpc) is 3.17. The molecule has 0 aliphatic carbocycles. The number of guanidine groups is 1. The molecule has 2 heterocycles. The Morgan fingerprint density at radius 3 is 2.88 bits per heavy atom. The second-order valence-electron chi connectivity index (χ2n) is 5.91. The lowest BCUT2D eigenvalue weighted by Crippen LogP contribution is -2.39. The number of halogens is 1. The quantitative estimate of drug-likeness (QED) is 0.273. The SMILES string of the molecule is CCNC(=NCC1CCCN1CC)NCCCc1nc(C)no1.I. The molecule has 1 aromatic rings. The molecule has 0 spiro atoms. The minimum absolute atomic E-state index is 0. The molecule has 0 bridgehead atoms. The van der Waals surface area contributed by atoms with Crippen molar-refractivity contribution in [2.24, 2.45) is 4.99 Å². The van der Waals surface area contributed by atoms with Gasteiger partial charge in [0.25, 0.3) is 0 Å². The molecular weight excluding hydrogens is 419 g/mol. The van der Waals surface area contributed by atoms with E-state index < -0.39 is 0 Å². The van der Waals surface area contributed by atoms with Gasteiger partial charge in [-0.3, -0.25) is 9.89 Å². The van der Waals surface area contributed by atoms with Crippen molar-refractivity contribution in [1.82, 2.24) is 25.7 Å². The molecule has 1 aliphatic heterocycles. The minimum Gasteiger partial charge on any atom is -0.357 e. The van der Waals surface area contributed by atoms with Gasteiger partial charge < -0.3 is 15.2 Å². The van der Waals surface area contributed by atoms with Crippen molar-refractivity contribution in [1.29, 1.82) is 0 Å². The summed E-state index contributed by atoms with van der Waals surface area (Å²) in [5.74, 6) is 2.30. The third kappa shape index (κ3) is 6.92. The lowest BCUT2D eigenvalue weighted by atomic mass is 10.2. The van der Waals surface area contributed by atoms with Crippen LogP contribution >= 0.6 is 24.0 Å². The summed E-state index contributed by atoms with van der Waals surface area (Å²) in [7, 11) is 0. The number of likely N-dealkylation sites (N-methyl/N-ethyl adjacent to an activating group) is 1. The van der Waals surface area contributed by atoms with Crippen molar-refractivity contribution in [2.75, 3.05) is 32.7 Å². The van der Waals surface area contributed by atoms with Gasteiger partial charge in [0, 0.05) is 25.6 Å². The van der Waals surface area contributed by atoms with Crippen molar-refractivity contribution in [2.45, 2.75) is 52.5 Å². The van der Waals surface area contributed by atoms with E-state index in [4.69, 9.17) is 9.52 Å². The van der Waals surface area contributed by atoms with Gasteiger partial charge >= 0.3 is 0 Å². The first kappa shape index (κ1) is 21.1. The van der Waals surface area contributed by atoms with Gasteiger partial charge in [0.2, 0.25) is 5.89 Å². The molecule has 2 rings (SSSR count). The molecule has 8 heteroatoms. The van der Waals surface area contributed by atoms with E-state index in [2.05, 4.69) is 39.5 Å². The molecule has 1 saturated heterocycles. The lowest BCUT2D eigenvalue weighted by Gasteiger charge is -2.21. The predicted octanol–water partition coefficient (Wildman–Crippen LogP) is 1.97. The van der Waals surface area contributed by atoms with Crippen LogP contribution in [0.5, 0.6) is 0 Å². The van der Waals surface area contributed by atoms with E-state index in [1.807, 2.05) is 6.92 Å². The molecule has 1 aromatic heterocycles. The van der Waals surface area contributed by atoms with E-state index in [1.54, 1.807) is 0 Å². The molecule has 24 heavy (non-hydrogen) atoms. The zero-order valence-corrected chi connectivity index (χ0v) is 17.4. The lowest BCUT2D eigenvalue weighted by molar-refractivity contribution is 0.273. The summed E-state index contributed by atoms with van der Waals surface area (Å²) in [6, 6.07) is 0.594. The summed E-state index contributed by atoms with van der Waals surface area (Å²) in [5, 5.41) is 10.5. The van der Waals surface area contributed by atoms with E-state index in [0.717, 1.165) is 45.0 Å². The van der Waals surface area contributed by atoms with Crippen LogP contribution in [0.15, 0.2) is 9.52 Å². The molecule has 1 fully saturated rings. The largest absolute Gasteiger partial charge is 0.357 e. The van der Waals surface area contributed by atoms with E-state index in [1.165, 1.54) is 19.4 Å². The number of nitrogens with one attached hydrogen (secondary N) is 2. The normalized spacial score (nSPS) is 18.5. The molecule has 7 nitrogen and oxygen atoms in total. The van der Waals surface area contributed by atoms with E-state index in [0.29, 0.717) is 17.8 Å². The Bertz CT molecular complexity index is 493. The van der Waals surface area contributed by atoms with Crippen LogP contribution in [0.1, 0.15) is 44.8 Å². The van der Waals surface area contributed by atoms with Crippen molar-refractivity contribution in [3.8, 4) is 0 Å². The summed E-state index contributed by atoms with van der Waals surface area (Å²) in [5.41, 5.74) is 0. The molecule has 138 valence electrons. The maximum atomic E-state index is 5.12. The standard InChI is InChI=1S/C16H30N6O.HI/c1-4-17-16(19-12-14-8-7-11-22(14)5-2)18-10-6-9-15-20-13(3)21-23-15;/h14H,4-12H2,1-3H3,(H2,17,18,19);1H. The Kier molecular flexibility index (Phi) is 10.2. The fourth-order valence-electron chi connectivity index (χ4n) is 2.94. The molecule has 1 atom stereocenters. The third-order valence-corrected chi connectivity index (χ3v) is 4.14. The van der Waals surface area contributed by atoms with Crippen LogP contribution < -0.4 is 10.6 Å². The van der Waals surface area contributed by atoms with Gasteiger partial charge in [-0.1, -0.05) is 12.1 Å². The molecular formula is C16H31IN6O. The number of aliphatic imine (C=N–C) groups is 1. The van der Waals surface area contributed by atoms with Crippen molar-refractivity contribution >= 4 is 29.9 Å². The predicted molar refractivity (Wildman–Crippen MR) is 107 cm³/mol. The van der Waals surface area contributed by atoms with Crippen LogP contribution in [-0.2, 0) is 6.42 Å². The van der Waals surface area contributed by atoms with Crippen molar-refractivity contribution in [3.63, 3.8) is 0 Å². The number of likely N-dealkylation sites (tertiary alicyclic amines) is 1. The van der Waals surface area contributed by atoms with E-state index >= 15 is 0 Å². The highest BCUT2D eigenvalue weighted by Crippen LogP contribution is 2.16. The van der Waals surface area contributed by atoms with Gasteiger partial charge in [-0.25, -0.2) is 0 Å². The minimum atomic E-state index is 0. The smallest absolute Gasteiger partial charge is 0.226 e. The second kappa shape index (κ2) is 11.6. The van der Waals surface area contributed by atoms with Gasteiger partial charge in [0.05, 0.1) is 6.54 Å². The number of aromatic nitrogens is 2. The monoisotopic (exact) mass is 450 g/mol. The van der Waals surface area contributed by atoms with Gasteiger partial charge in [0.15, 0.2) is 11.8 Å². The highest BCUT2D eigenvalue weighted by Gasteiger charge is 2.22. The molecule has 2 N–H and O–H groups in total. The van der Waals surface area contributed by atoms with Crippen LogP contribution in [-0.4, -0.2) is 59.8 Å². The summed E-state index contributed by atoms with van der Waals surface area (Å²) in [6.07, 6.45) is 4.28. The highest BCUT2D eigenvalue weighted by molar-refractivity contribution is 14.0. The third-order valence-electron chi connectivity index (χ3n) is 4.14. The van der Waals surface area contributed by atoms with E-state index in [9.17, 15) is 0 Å². The van der Waals surface area contributed by atoms with Gasteiger partial charge in [0.1, 0.15) is 0 Å². The number of hydrogen-bond acceptors (Lipinski definition) is 5. The van der Waals surface area contributed by atoms with Gasteiger partial charge in [-0.05, 0) is 46.2 Å². The Hall–Kier alpha value is -0.900. The molecule has 0 amide bonds. The molecule has 0 radical (unpaired) electrons. The van der Waals surface area contributed by atoms with Crippen LogP contribution in [0.3, 0.4) is 0 Å². The second-order valence-corrected chi connectivity index (χ2v) is 5.91. The fourth-order valence-corrected chi connectivity index (χ4v) is 2.94. The summed E-state index contributed by atoms with van der Waals surface area (Å²) in [4.78, 5) is 11.5. The molecule has 1 unspecified atom stereocenters. The summed E-state index contributed by atoms with van der Waals surface area (Å²) >= 11 is 0. The highest BCUT2D eigenvalue weighted by atomic mass is 127. The van der Waals surface area contributed by atoms with Crippen LogP contribution in [0, 0.1) is 6.92 Å². The van der Waals surface area contributed by atoms with Gasteiger partial charge in [-0.2, -0.15) is 4.98 Å². The van der Waals surface area contributed by atoms with Gasteiger partial charge in [-0.15, -0.1) is 24.0 Å². The first-order valence-electron chi connectivity index (χ1n) is 8.78. The Labute approximate surface area is 162 Å². The number of hydrogen-bond donors (Lipinski definition) is 2. The first-order chi connectivity index (χ1) is 11.2. The number of nitrogens with zero attached hydrogens (tertiary/aromatic N) is 4. The van der Waals surface area contributed by atoms with E-state index in [-0.39, 0.29) is 24.0 Å². The van der Waals surface area contributed by atoms with Crippen molar-refractivity contribution < 1.29 is 4.52 Å². The number of aryl methyl sites for hydroxylation is 2. The average molecular weight is 450 g/mol. The zero-order valence-electron chi connectivity index (χ0n) is 15.0. The van der Waals surface area contributed by atoms with Crippen LogP contribution in [0.4, 0.5) is 0 Å². The molecule has 0 aromatic carbocycles. The van der Waals surface area contributed by atoms with Crippen LogP contribution in [0.2, 0.25) is 0 Å². The number of rotatable bonds is 8. The Morgan fingerprint density at radius 1 is 1.38 bits per heavy atom. The Balaban J connectivity index is 0.00000288.